The first kappa shape index (κ1) is 18.8. The fraction of sp³-hybridized carbons (Fsp3) is 0.381. The molecule has 1 aliphatic rings. The molecule has 0 bridgehead atoms. The smallest absolute Gasteiger partial charge is 0.266 e. The minimum atomic E-state index is 0.0375. The second-order valence-corrected chi connectivity index (χ2v) is 8.15. The van der Waals surface area contributed by atoms with Crippen molar-refractivity contribution < 1.29 is 4.79 Å². The zero-order valence-electron chi connectivity index (χ0n) is 16.5. The summed E-state index contributed by atoms with van der Waals surface area (Å²) in [4.78, 5) is 20.8. The molecule has 1 amide bonds. The van der Waals surface area contributed by atoms with E-state index in [0.29, 0.717) is 6.54 Å². The molecule has 1 saturated heterocycles. The van der Waals surface area contributed by atoms with Gasteiger partial charge in [0.2, 0.25) is 0 Å². The Morgan fingerprint density at radius 1 is 1.32 bits per heavy atom. The average molecular weight is 396 g/mol. The average Bonchev–Trinajstić information content (AvgIpc) is 3.33. The Kier molecular flexibility index (Phi) is 5.28. The maximum absolute atomic E-state index is 13.4. The number of rotatable bonds is 4. The Bertz CT molecular complexity index is 975. The Morgan fingerprint density at radius 3 is 2.79 bits per heavy atom. The molecule has 4 rings (SSSR count). The van der Waals surface area contributed by atoms with Crippen molar-refractivity contribution in [1.29, 1.82) is 0 Å². The monoisotopic (exact) mass is 395 g/mol. The summed E-state index contributed by atoms with van der Waals surface area (Å²) in [5.74, 6) is 0.0659. The number of carbonyl (C=O) groups excluding carboxylic acids is 1. The van der Waals surface area contributed by atoms with Gasteiger partial charge in [0.1, 0.15) is 9.88 Å². The lowest BCUT2D eigenvalue weighted by atomic mass is 10.0. The van der Waals surface area contributed by atoms with Gasteiger partial charge in [-0.25, -0.2) is 4.98 Å². The van der Waals surface area contributed by atoms with Crippen LogP contribution in [-0.2, 0) is 13.5 Å². The van der Waals surface area contributed by atoms with Crippen molar-refractivity contribution in [3.05, 3.63) is 58.4 Å². The van der Waals surface area contributed by atoms with Gasteiger partial charge in [-0.2, -0.15) is 5.10 Å². The molecule has 1 fully saturated rings. The van der Waals surface area contributed by atoms with E-state index in [-0.39, 0.29) is 11.9 Å². The maximum Gasteiger partial charge on any atom is 0.266 e. The van der Waals surface area contributed by atoms with E-state index in [4.69, 9.17) is 0 Å². The second-order valence-electron chi connectivity index (χ2n) is 7.15. The minimum absolute atomic E-state index is 0.0375. The van der Waals surface area contributed by atoms with Crippen molar-refractivity contribution in [2.24, 2.45) is 7.05 Å². The molecule has 0 aliphatic carbocycles. The first-order valence-corrected chi connectivity index (χ1v) is 10.5. The minimum Gasteiger partial charge on any atom is -0.328 e. The molecular formula is C21H25N5OS. The number of thiazole rings is 1. The molecule has 0 saturated carbocycles. The summed E-state index contributed by atoms with van der Waals surface area (Å²) in [5, 5.41) is 8.48. The molecular weight excluding hydrogens is 370 g/mol. The Morgan fingerprint density at radius 2 is 2.11 bits per heavy atom. The van der Waals surface area contributed by atoms with Gasteiger partial charge in [-0.15, -0.1) is 11.3 Å². The van der Waals surface area contributed by atoms with Crippen LogP contribution in [0.5, 0.6) is 0 Å². The largest absolute Gasteiger partial charge is 0.328 e. The molecule has 1 atom stereocenters. The van der Waals surface area contributed by atoms with Gasteiger partial charge in [-0.3, -0.25) is 9.48 Å². The fourth-order valence-electron chi connectivity index (χ4n) is 3.60. The SMILES string of the molecule is CCc1ccc(C2CNCCN2C(=O)c2sc(-c3cnn(C)c3)nc2C)cc1. The third kappa shape index (κ3) is 3.59. The summed E-state index contributed by atoms with van der Waals surface area (Å²) in [6.07, 6.45) is 4.73. The van der Waals surface area contributed by atoms with E-state index in [9.17, 15) is 4.79 Å². The van der Waals surface area contributed by atoms with Gasteiger partial charge in [-0.05, 0) is 24.5 Å². The molecule has 1 aromatic carbocycles. The van der Waals surface area contributed by atoms with Crippen molar-refractivity contribution in [2.45, 2.75) is 26.3 Å². The van der Waals surface area contributed by atoms with Gasteiger partial charge in [0.15, 0.2) is 0 Å². The number of aryl methyl sites for hydroxylation is 3. The molecule has 28 heavy (non-hydrogen) atoms. The van der Waals surface area contributed by atoms with E-state index >= 15 is 0 Å². The quantitative estimate of drug-likeness (QED) is 0.737. The number of hydrogen-bond acceptors (Lipinski definition) is 5. The van der Waals surface area contributed by atoms with Gasteiger partial charge >= 0.3 is 0 Å². The number of nitrogens with one attached hydrogen (secondary N) is 1. The van der Waals surface area contributed by atoms with E-state index in [1.807, 2.05) is 25.1 Å². The standard InChI is InChI=1S/C21H25N5OS/c1-4-15-5-7-16(8-6-15)18-12-22-9-10-26(18)21(27)19-14(2)24-20(28-19)17-11-23-25(3)13-17/h5-8,11,13,18,22H,4,9-10,12H2,1-3H3. The molecule has 2 aromatic heterocycles. The van der Waals surface area contributed by atoms with E-state index < -0.39 is 0 Å². The summed E-state index contributed by atoms with van der Waals surface area (Å²) in [5.41, 5.74) is 4.21. The zero-order valence-corrected chi connectivity index (χ0v) is 17.3. The number of piperazine rings is 1. The van der Waals surface area contributed by atoms with E-state index in [2.05, 4.69) is 46.6 Å². The molecule has 0 spiro atoms. The van der Waals surface area contributed by atoms with Crippen LogP contribution in [0, 0.1) is 6.92 Å². The molecule has 3 aromatic rings. The predicted molar refractivity (Wildman–Crippen MR) is 112 cm³/mol. The van der Waals surface area contributed by atoms with Crippen molar-refractivity contribution in [3.8, 4) is 10.6 Å². The fourth-order valence-corrected chi connectivity index (χ4v) is 4.60. The van der Waals surface area contributed by atoms with Crippen LogP contribution in [0.3, 0.4) is 0 Å². The Hall–Kier alpha value is -2.51. The van der Waals surface area contributed by atoms with E-state index in [0.717, 1.165) is 40.7 Å². The van der Waals surface area contributed by atoms with Crippen molar-refractivity contribution in [3.63, 3.8) is 0 Å². The molecule has 7 heteroatoms. The van der Waals surface area contributed by atoms with Gasteiger partial charge < -0.3 is 10.2 Å². The highest BCUT2D eigenvalue weighted by atomic mass is 32.1. The highest BCUT2D eigenvalue weighted by molar-refractivity contribution is 7.17. The van der Waals surface area contributed by atoms with Gasteiger partial charge in [0.25, 0.3) is 5.91 Å². The molecule has 0 radical (unpaired) electrons. The van der Waals surface area contributed by atoms with Gasteiger partial charge in [-0.1, -0.05) is 31.2 Å². The third-order valence-corrected chi connectivity index (χ3v) is 6.41. The Labute approximate surface area is 169 Å². The number of hydrogen-bond donors (Lipinski definition) is 1. The molecule has 3 heterocycles. The van der Waals surface area contributed by atoms with Gasteiger partial charge in [0.05, 0.1) is 17.9 Å². The summed E-state index contributed by atoms with van der Waals surface area (Å²) < 4.78 is 1.75. The number of aromatic nitrogens is 3. The van der Waals surface area contributed by atoms with Crippen LogP contribution < -0.4 is 5.32 Å². The lowest BCUT2D eigenvalue weighted by Gasteiger charge is -2.36. The van der Waals surface area contributed by atoms with Crippen LogP contribution in [0.1, 0.15) is 39.5 Å². The van der Waals surface area contributed by atoms with Crippen molar-refractivity contribution in [1.82, 2.24) is 25.0 Å². The highest BCUT2D eigenvalue weighted by Gasteiger charge is 2.31. The molecule has 6 nitrogen and oxygen atoms in total. The van der Waals surface area contributed by atoms with Crippen LogP contribution in [0.2, 0.25) is 0 Å². The van der Waals surface area contributed by atoms with E-state index in [1.165, 1.54) is 22.5 Å². The van der Waals surface area contributed by atoms with Crippen LogP contribution in [0.25, 0.3) is 10.6 Å². The second kappa shape index (κ2) is 7.85. The number of carbonyl (C=O) groups is 1. The topological polar surface area (TPSA) is 63.1 Å². The van der Waals surface area contributed by atoms with Crippen molar-refractivity contribution in [2.75, 3.05) is 19.6 Å². The van der Waals surface area contributed by atoms with Gasteiger partial charge in [0, 0.05) is 38.4 Å². The zero-order chi connectivity index (χ0) is 19.7. The van der Waals surface area contributed by atoms with Crippen LogP contribution in [-0.4, -0.2) is 45.2 Å². The normalized spacial score (nSPS) is 17.1. The molecule has 146 valence electrons. The Balaban J connectivity index is 1.62. The summed E-state index contributed by atoms with van der Waals surface area (Å²) in [7, 11) is 1.88. The number of amides is 1. The third-order valence-electron chi connectivity index (χ3n) is 5.22. The first-order valence-electron chi connectivity index (χ1n) is 9.63. The summed E-state index contributed by atoms with van der Waals surface area (Å²) in [6, 6.07) is 8.65. The summed E-state index contributed by atoms with van der Waals surface area (Å²) >= 11 is 1.45. The highest BCUT2D eigenvalue weighted by Crippen LogP contribution is 2.31. The molecule has 1 aliphatic heterocycles. The van der Waals surface area contributed by atoms with Crippen LogP contribution in [0.4, 0.5) is 0 Å². The first-order chi connectivity index (χ1) is 13.6. The lowest BCUT2D eigenvalue weighted by Crippen LogP contribution is -2.48. The number of nitrogens with zero attached hydrogens (tertiary/aromatic N) is 4. The van der Waals surface area contributed by atoms with E-state index in [1.54, 1.807) is 10.9 Å². The summed E-state index contributed by atoms with van der Waals surface area (Å²) in [6.45, 7) is 6.34. The van der Waals surface area contributed by atoms with Crippen LogP contribution in [0.15, 0.2) is 36.7 Å². The molecule has 1 unspecified atom stereocenters. The van der Waals surface area contributed by atoms with Crippen molar-refractivity contribution >= 4 is 17.2 Å². The molecule has 1 N–H and O–H groups in total. The van der Waals surface area contributed by atoms with Crippen LogP contribution >= 0.6 is 11.3 Å². The number of benzene rings is 1. The predicted octanol–water partition coefficient (Wildman–Crippen LogP) is 3.20. The lowest BCUT2D eigenvalue weighted by molar-refractivity contribution is 0.0638. The maximum atomic E-state index is 13.4.